The normalized spacial score (nSPS) is 22.2. The molecule has 0 saturated carbocycles. The van der Waals surface area contributed by atoms with Crippen molar-refractivity contribution in [2.75, 3.05) is 23.1 Å². The van der Waals surface area contributed by atoms with Gasteiger partial charge in [-0.1, -0.05) is 16.8 Å². The van der Waals surface area contributed by atoms with Crippen LogP contribution < -0.4 is 5.32 Å². The fourth-order valence-electron chi connectivity index (χ4n) is 1.77. The zero-order valence-electron chi connectivity index (χ0n) is 11.1. The molecule has 1 heterocycles. The summed E-state index contributed by atoms with van der Waals surface area (Å²) in [6.07, 6.45) is 1.00. The number of hydrogen-bond acceptors (Lipinski definition) is 6. The van der Waals surface area contributed by atoms with Crippen LogP contribution in [0.2, 0.25) is 5.02 Å². The first kappa shape index (κ1) is 16.1. The Bertz CT molecular complexity index is 658. The zero-order chi connectivity index (χ0) is 15.5. The lowest BCUT2D eigenvalue weighted by Gasteiger charge is -2.05. The molecule has 0 aliphatic carbocycles. The summed E-state index contributed by atoms with van der Waals surface area (Å²) in [4.78, 5) is 16.3. The van der Waals surface area contributed by atoms with Gasteiger partial charge >= 0.3 is 6.09 Å². The van der Waals surface area contributed by atoms with Gasteiger partial charge in [-0.2, -0.15) is 11.8 Å². The van der Waals surface area contributed by atoms with Gasteiger partial charge in [-0.15, -0.1) is 0 Å². The van der Waals surface area contributed by atoms with Gasteiger partial charge in [0.15, 0.2) is 9.84 Å². The first-order chi connectivity index (χ1) is 9.89. The summed E-state index contributed by atoms with van der Waals surface area (Å²) < 4.78 is 23.0. The van der Waals surface area contributed by atoms with Crippen molar-refractivity contribution in [3.05, 3.63) is 29.3 Å². The van der Waals surface area contributed by atoms with E-state index in [0.717, 1.165) is 0 Å². The van der Waals surface area contributed by atoms with Crippen LogP contribution in [0.25, 0.3) is 0 Å². The van der Waals surface area contributed by atoms with Crippen molar-refractivity contribution in [2.45, 2.75) is 5.25 Å². The second-order valence-corrected chi connectivity index (χ2v) is 7.96. The highest BCUT2D eigenvalue weighted by Gasteiger charge is 2.34. The van der Waals surface area contributed by atoms with Crippen molar-refractivity contribution >= 4 is 50.7 Å². The largest absolute Gasteiger partial charge is 0.437 e. The van der Waals surface area contributed by atoms with Gasteiger partial charge in [0.25, 0.3) is 0 Å². The van der Waals surface area contributed by atoms with Crippen LogP contribution in [-0.4, -0.2) is 43.2 Å². The number of oxime groups is 1. The van der Waals surface area contributed by atoms with Crippen LogP contribution in [-0.2, 0) is 14.7 Å². The highest BCUT2D eigenvalue weighted by atomic mass is 35.5. The zero-order valence-corrected chi connectivity index (χ0v) is 13.5. The van der Waals surface area contributed by atoms with E-state index < -0.39 is 15.9 Å². The third-order valence-corrected chi connectivity index (χ3v) is 5.81. The molecule has 6 nitrogen and oxygen atoms in total. The Morgan fingerprint density at radius 2 is 2.10 bits per heavy atom. The maximum absolute atomic E-state index is 11.6. The number of thioether (sulfide) groups is 1. The maximum atomic E-state index is 11.6. The standard InChI is InChI=1S/C12H13ClN2O4S2/c1-20-11-7-21(17,18)6-10(11)15-19-12(16)14-9-4-2-8(13)3-5-9/h2-5,11H,6-7H2,1H3,(H,14,16). The molecule has 1 aromatic carbocycles. The number of halogens is 1. The molecule has 2 rings (SSSR count). The number of rotatable bonds is 3. The summed E-state index contributed by atoms with van der Waals surface area (Å²) in [5.41, 5.74) is 0.860. The monoisotopic (exact) mass is 348 g/mol. The van der Waals surface area contributed by atoms with Gasteiger partial charge in [0.05, 0.1) is 22.5 Å². The second kappa shape index (κ2) is 6.67. The van der Waals surface area contributed by atoms with Gasteiger partial charge in [-0.05, 0) is 30.5 Å². The summed E-state index contributed by atoms with van der Waals surface area (Å²) >= 11 is 7.09. The van der Waals surface area contributed by atoms with Gasteiger partial charge in [0.2, 0.25) is 0 Å². The van der Waals surface area contributed by atoms with Crippen molar-refractivity contribution in [1.82, 2.24) is 0 Å². The lowest BCUT2D eigenvalue weighted by atomic mass is 10.3. The number of amides is 1. The Morgan fingerprint density at radius 1 is 1.43 bits per heavy atom. The number of nitrogens with zero attached hydrogens (tertiary/aromatic N) is 1. The van der Waals surface area contributed by atoms with Gasteiger partial charge in [-0.25, -0.2) is 13.2 Å². The quantitative estimate of drug-likeness (QED) is 0.669. The minimum absolute atomic E-state index is 0.0230. The highest BCUT2D eigenvalue weighted by molar-refractivity contribution is 8.02. The summed E-state index contributed by atoms with van der Waals surface area (Å²) in [7, 11) is -3.15. The molecule has 1 atom stereocenters. The minimum Gasteiger partial charge on any atom is -0.298 e. The first-order valence-corrected chi connectivity index (χ1v) is 9.42. The predicted molar refractivity (Wildman–Crippen MR) is 84.9 cm³/mol. The topological polar surface area (TPSA) is 84.8 Å². The van der Waals surface area contributed by atoms with Crippen LogP contribution in [0, 0.1) is 0 Å². The van der Waals surface area contributed by atoms with E-state index in [4.69, 9.17) is 16.4 Å². The summed E-state index contributed by atoms with van der Waals surface area (Å²) in [6, 6.07) is 6.47. The van der Waals surface area contributed by atoms with Crippen molar-refractivity contribution < 1.29 is 18.0 Å². The molecule has 21 heavy (non-hydrogen) atoms. The fraction of sp³-hybridized carbons (Fsp3) is 0.333. The summed E-state index contributed by atoms with van der Waals surface area (Å²) in [6.45, 7) is 0. The average Bonchev–Trinajstić information content (AvgIpc) is 2.73. The molecule has 0 bridgehead atoms. The lowest BCUT2D eigenvalue weighted by Crippen LogP contribution is -2.17. The molecule has 0 spiro atoms. The SMILES string of the molecule is CSC1CS(=O)(=O)CC1=NOC(=O)Nc1ccc(Cl)cc1. The number of carbonyl (C=O) groups excluding carboxylic acids is 1. The van der Waals surface area contributed by atoms with E-state index in [-0.39, 0.29) is 16.8 Å². The van der Waals surface area contributed by atoms with Crippen molar-refractivity contribution in [3.8, 4) is 0 Å². The molecule has 114 valence electrons. The van der Waals surface area contributed by atoms with Crippen LogP contribution in [0.5, 0.6) is 0 Å². The molecule has 1 aromatic rings. The molecule has 1 amide bonds. The Labute approximate surface area is 131 Å². The third kappa shape index (κ3) is 4.62. The van der Waals surface area contributed by atoms with E-state index in [2.05, 4.69) is 10.5 Å². The first-order valence-electron chi connectivity index (χ1n) is 5.93. The maximum Gasteiger partial charge on any atom is 0.437 e. The Hall–Kier alpha value is -1.25. The molecule has 0 radical (unpaired) electrons. The van der Waals surface area contributed by atoms with E-state index in [9.17, 15) is 13.2 Å². The number of hydrogen-bond donors (Lipinski definition) is 1. The van der Waals surface area contributed by atoms with Crippen molar-refractivity contribution in [3.63, 3.8) is 0 Å². The molecular formula is C12H13ClN2O4S2. The van der Waals surface area contributed by atoms with Crippen molar-refractivity contribution in [1.29, 1.82) is 0 Å². The molecule has 1 aliphatic heterocycles. The molecule has 1 saturated heterocycles. The minimum atomic E-state index is -3.15. The molecule has 9 heteroatoms. The van der Waals surface area contributed by atoms with Crippen LogP contribution in [0.4, 0.5) is 10.5 Å². The smallest absolute Gasteiger partial charge is 0.298 e. The number of sulfone groups is 1. The van der Waals surface area contributed by atoms with Gasteiger partial charge in [0.1, 0.15) is 0 Å². The van der Waals surface area contributed by atoms with Crippen LogP contribution in [0.15, 0.2) is 29.4 Å². The van der Waals surface area contributed by atoms with Gasteiger partial charge < -0.3 is 0 Å². The van der Waals surface area contributed by atoms with E-state index in [1.807, 2.05) is 0 Å². The van der Waals surface area contributed by atoms with Crippen LogP contribution in [0.3, 0.4) is 0 Å². The Balaban J connectivity index is 1.97. The number of carbonyl (C=O) groups is 1. The molecule has 1 fully saturated rings. The van der Waals surface area contributed by atoms with E-state index in [1.165, 1.54) is 11.8 Å². The van der Waals surface area contributed by atoms with E-state index in [0.29, 0.717) is 16.4 Å². The summed E-state index contributed by atoms with van der Waals surface area (Å²) in [5.74, 6) is -0.151. The predicted octanol–water partition coefficient (Wildman–Crippen LogP) is 2.40. The van der Waals surface area contributed by atoms with Gasteiger partial charge in [0, 0.05) is 10.7 Å². The second-order valence-electron chi connectivity index (χ2n) is 4.37. The van der Waals surface area contributed by atoms with Crippen molar-refractivity contribution in [2.24, 2.45) is 5.16 Å². The number of nitrogens with one attached hydrogen (secondary N) is 1. The van der Waals surface area contributed by atoms with E-state index in [1.54, 1.807) is 30.5 Å². The highest BCUT2D eigenvalue weighted by Crippen LogP contribution is 2.20. The molecule has 1 aliphatic rings. The molecule has 1 N–H and O–H groups in total. The molecular weight excluding hydrogens is 336 g/mol. The van der Waals surface area contributed by atoms with Crippen LogP contribution in [0.1, 0.15) is 0 Å². The van der Waals surface area contributed by atoms with Crippen LogP contribution >= 0.6 is 23.4 Å². The average molecular weight is 349 g/mol. The number of benzene rings is 1. The molecule has 1 unspecified atom stereocenters. The number of anilines is 1. The van der Waals surface area contributed by atoms with E-state index >= 15 is 0 Å². The third-order valence-electron chi connectivity index (χ3n) is 2.77. The van der Waals surface area contributed by atoms with Gasteiger partial charge in [-0.3, -0.25) is 10.2 Å². The Morgan fingerprint density at radius 3 is 2.71 bits per heavy atom. The lowest BCUT2D eigenvalue weighted by molar-refractivity contribution is 0.166. The summed E-state index contributed by atoms with van der Waals surface area (Å²) in [5, 5.41) is 6.41. The Kier molecular flexibility index (Phi) is 5.13. The molecule has 0 aromatic heterocycles. The fourth-order valence-corrected chi connectivity index (χ4v) is 5.04.